The minimum atomic E-state index is -1.30. The lowest BCUT2D eigenvalue weighted by atomic mass is 9.72. The number of oxazole rings is 2. The highest BCUT2D eigenvalue weighted by Gasteiger charge is 2.61. The molecule has 2 amide bonds. The molecular formula is C33H33N5O8. The predicted octanol–water partition coefficient (Wildman–Crippen LogP) is 3.38. The number of hydrogen-bond donors (Lipinski definition) is 5. The van der Waals surface area contributed by atoms with E-state index in [0.717, 1.165) is 28.6 Å². The number of carboxylic acids is 1. The number of aliphatic hydroxyl groups excluding tert-OH is 1. The molecule has 2 aromatic heterocycles. The highest BCUT2D eigenvalue weighted by Crippen LogP contribution is 2.59. The summed E-state index contributed by atoms with van der Waals surface area (Å²) >= 11 is 0. The maximum Gasteiger partial charge on any atom is 0.357 e. The van der Waals surface area contributed by atoms with Crippen LogP contribution in [-0.2, 0) is 21.4 Å². The van der Waals surface area contributed by atoms with Gasteiger partial charge in [-0.05, 0) is 35.1 Å². The fourth-order valence-electron chi connectivity index (χ4n) is 6.49. The van der Waals surface area contributed by atoms with Crippen LogP contribution in [0.4, 0.5) is 5.69 Å². The van der Waals surface area contributed by atoms with E-state index in [2.05, 4.69) is 20.9 Å². The number of para-hydroxylation sites is 1. The Morgan fingerprint density at radius 3 is 2.57 bits per heavy atom. The molecule has 1 spiro atoms. The van der Waals surface area contributed by atoms with Gasteiger partial charge in [-0.3, -0.25) is 9.59 Å². The van der Waals surface area contributed by atoms with Gasteiger partial charge >= 0.3 is 5.97 Å². The van der Waals surface area contributed by atoms with E-state index in [1.54, 1.807) is 13.8 Å². The number of fused-ring (bicyclic) bond motifs is 4. The number of benzene rings is 2. The second-order valence-corrected chi connectivity index (χ2v) is 12.6. The second-order valence-electron chi connectivity index (χ2n) is 12.6. The van der Waals surface area contributed by atoms with Crippen molar-refractivity contribution in [3.05, 3.63) is 82.8 Å². The molecule has 13 nitrogen and oxygen atoms in total. The van der Waals surface area contributed by atoms with E-state index in [1.807, 2.05) is 56.3 Å². The first-order valence-electron chi connectivity index (χ1n) is 15.1. The standard InChI is InChI=1S/C33H33N5O8/c1-14(2)23-30-38-24(29-35-21(13-44-29)31(42)43)26(46-30)33-17-7-5-6-8-19(17)36-32(33)45-22-10-9-16(11-18(22)33)12-20(27(40)37-23)34-28(41)25(39)15(3)4/h5-11,13-15,20,23,25,32,36,39H,12H2,1-4H3,(H,34,41)(H,37,40)(H,42,43)/t20-,23-,25-,32?,33-/m0/s1. The summed E-state index contributed by atoms with van der Waals surface area (Å²) in [5.41, 5.74) is 1.81. The van der Waals surface area contributed by atoms with Gasteiger partial charge < -0.3 is 39.7 Å². The molecule has 2 aromatic carbocycles. The van der Waals surface area contributed by atoms with Crippen LogP contribution in [0.1, 0.15) is 72.6 Å². The van der Waals surface area contributed by atoms with Gasteiger partial charge in [0.1, 0.15) is 35.6 Å². The number of rotatable bonds is 6. The van der Waals surface area contributed by atoms with Crippen LogP contribution in [0.3, 0.4) is 0 Å². The van der Waals surface area contributed by atoms with Crippen molar-refractivity contribution in [2.75, 3.05) is 5.32 Å². The molecule has 0 saturated heterocycles. The number of carbonyl (C=O) groups is 3. The van der Waals surface area contributed by atoms with Gasteiger partial charge in [0.2, 0.25) is 23.6 Å². The van der Waals surface area contributed by atoms with Crippen molar-refractivity contribution >= 4 is 23.5 Å². The number of ether oxygens (including phenoxy) is 1. The van der Waals surface area contributed by atoms with Gasteiger partial charge in [-0.15, -0.1) is 0 Å². The van der Waals surface area contributed by atoms with Gasteiger partial charge in [0.25, 0.3) is 0 Å². The summed E-state index contributed by atoms with van der Waals surface area (Å²) in [6, 6.07) is 11.4. The normalized spacial score (nSPS) is 23.4. The van der Waals surface area contributed by atoms with Crippen molar-refractivity contribution in [3.8, 4) is 17.3 Å². The van der Waals surface area contributed by atoms with Gasteiger partial charge in [-0.2, -0.15) is 0 Å². The summed E-state index contributed by atoms with van der Waals surface area (Å²) in [5, 5.41) is 29.3. The molecule has 7 rings (SSSR count). The number of carbonyl (C=O) groups excluding carboxylic acids is 2. The van der Waals surface area contributed by atoms with Gasteiger partial charge in [0, 0.05) is 17.7 Å². The maximum absolute atomic E-state index is 13.9. The number of aromatic nitrogens is 2. The van der Waals surface area contributed by atoms with Crippen LogP contribution in [0.15, 0.2) is 57.6 Å². The fraction of sp³-hybridized carbons (Fsp3) is 0.364. The average Bonchev–Trinajstić information content (AvgIpc) is 3.79. The lowest BCUT2D eigenvalue weighted by molar-refractivity contribution is -0.135. The average molecular weight is 628 g/mol. The zero-order chi connectivity index (χ0) is 32.5. The molecule has 0 aliphatic carbocycles. The first-order valence-corrected chi connectivity index (χ1v) is 15.1. The number of carboxylic acid groups (broad SMARTS) is 1. The molecule has 4 bridgehead atoms. The molecule has 46 heavy (non-hydrogen) atoms. The predicted molar refractivity (Wildman–Crippen MR) is 162 cm³/mol. The van der Waals surface area contributed by atoms with Crippen molar-refractivity contribution in [1.29, 1.82) is 0 Å². The Morgan fingerprint density at radius 1 is 1.07 bits per heavy atom. The Hall–Kier alpha value is -5.17. The highest BCUT2D eigenvalue weighted by molar-refractivity contribution is 5.90. The van der Waals surface area contributed by atoms with Crippen LogP contribution >= 0.6 is 0 Å². The highest BCUT2D eigenvalue weighted by atomic mass is 16.5. The molecule has 5 heterocycles. The topological polar surface area (TPSA) is 189 Å². The summed E-state index contributed by atoms with van der Waals surface area (Å²) in [7, 11) is 0. The molecule has 4 aromatic rings. The number of nitrogens with one attached hydrogen (secondary N) is 3. The van der Waals surface area contributed by atoms with Crippen molar-refractivity contribution in [2.45, 2.75) is 63.9 Å². The van der Waals surface area contributed by atoms with Gasteiger partial charge in [-0.1, -0.05) is 58.0 Å². The minimum Gasteiger partial charge on any atom is -0.476 e. The lowest BCUT2D eigenvalue weighted by Crippen LogP contribution is -2.52. The largest absolute Gasteiger partial charge is 0.476 e. The number of anilines is 1. The molecule has 13 heteroatoms. The molecule has 3 aliphatic rings. The SMILES string of the molecule is CC(C)[C@H](O)C(=O)N[C@H]1Cc2ccc3c(c2)[C@@]2(c4ccccc4NC2O3)c2oc(nc2-c2nc(C(=O)O)co2)[C@H](C(C)C)NC1=O. The summed E-state index contributed by atoms with van der Waals surface area (Å²) in [6.45, 7) is 7.21. The van der Waals surface area contributed by atoms with Crippen molar-refractivity contribution in [1.82, 2.24) is 20.6 Å². The van der Waals surface area contributed by atoms with E-state index in [-0.39, 0.29) is 41.4 Å². The van der Waals surface area contributed by atoms with Crippen LogP contribution in [-0.4, -0.2) is 56.3 Å². The third-order valence-corrected chi connectivity index (χ3v) is 8.88. The number of aromatic carboxylic acids is 1. The van der Waals surface area contributed by atoms with Crippen LogP contribution in [0, 0.1) is 11.8 Å². The summed E-state index contributed by atoms with van der Waals surface area (Å²) < 4.78 is 18.9. The first kappa shape index (κ1) is 29.5. The Balaban J connectivity index is 1.48. The van der Waals surface area contributed by atoms with E-state index in [9.17, 15) is 24.6 Å². The smallest absolute Gasteiger partial charge is 0.357 e. The minimum absolute atomic E-state index is 0.0685. The third-order valence-electron chi connectivity index (χ3n) is 8.88. The van der Waals surface area contributed by atoms with Gasteiger partial charge in [0.05, 0.1) is 0 Å². The van der Waals surface area contributed by atoms with E-state index >= 15 is 0 Å². The van der Waals surface area contributed by atoms with Crippen molar-refractivity contribution in [3.63, 3.8) is 0 Å². The van der Waals surface area contributed by atoms with E-state index in [1.165, 1.54) is 0 Å². The third kappa shape index (κ3) is 4.44. The zero-order valence-electron chi connectivity index (χ0n) is 25.5. The molecule has 3 aliphatic heterocycles. The van der Waals surface area contributed by atoms with Crippen molar-refractivity contribution in [2.24, 2.45) is 11.8 Å². The Morgan fingerprint density at radius 2 is 1.85 bits per heavy atom. The molecule has 238 valence electrons. The maximum atomic E-state index is 13.9. The number of amides is 2. The van der Waals surface area contributed by atoms with Gasteiger partial charge in [-0.25, -0.2) is 14.8 Å². The molecule has 0 radical (unpaired) electrons. The Bertz CT molecular complexity index is 1880. The molecular weight excluding hydrogens is 594 g/mol. The lowest BCUT2D eigenvalue weighted by Gasteiger charge is -2.29. The molecule has 5 N–H and O–H groups in total. The fourth-order valence-corrected chi connectivity index (χ4v) is 6.49. The number of aliphatic hydroxyl groups is 1. The van der Waals surface area contributed by atoms with Gasteiger partial charge in [0.15, 0.2) is 23.4 Å². The second kappa shape index (κ2) is 10.7. The quantitative estimate of drug-likeness (QED) is 0.211. The number of hydrogen-bond acceptors (Lipinski definition) is 10. The Labute approximate surface area is 263 Å². The Kier molecular flexibility index (Phi) is 6.89. The summed E-state index contributed by atoms with van der Waals surface area (Å²) in [5.74, 6) is -2.07. The zero-order valence-corrected chi connectivity index (χ0v) is 25.5. The first-order chi connectivity index (χ1) is 22.0. The summed E-state index contributed by atoms with van der Waals surface area (Å²) in [4.78, 5) is 47.7. The molecule has 5 atom stereocenters. The molecule has 1 unspecified atom stereocenters. The van der Waals surface area contributed by atoms with E-state index < -0.39 is 47.6 Å². The van der Waals surface area contributed by atoms with E-state index in [0.29, 0.717) is 11.5 Å². The van der Waals surface area contributed by atoms with E-state index in [4.69, 9.17) is 18.6 Å². The monoisotopic (exact) mass is 627 g/mol. The van der Waals surface area contributed by atoms with Crippen molar-refractivity contribution < 1.29 is 38.2 Å². The van der Waals surface area contributed by atoms with Crippen LogP contribution in [0.5, 0.6) is 5.75 Å². The summed E-state index contributed by atoms with van der Waals surface area (Å²) in [6.07, 6.45) is -0.827. The number of nitrogens with zero attached hydrogens (tertiary/aromatic N) is 2. The van der Waals surface area contributed by atoms with Crippen LogP contribution in [0.2, 0.25) is 0 Å². The van der Waals surface area contributed by atoms with Crippen LogP contribution < -0.4 is 20.7 Å². The molecule has 0 fully saturated rings. The molecule has 0 saturated carbocycles. The van der Waals surface area contributed by atoms with Crippen LogP contribution in [0.25, 0.3) is 11.6 Å².